The molecule has 158 valence electrons. The Hall–Kier alpha value is -3.57. The Morgan fingerprint density at radius 3 is 2.77 bits per heavy atom. The van der Waals surface area contributed by atoms with E-state index in [1.54, 1.807) is 30.7 Å². The van der Waals surface area contributed by atoms with Gasteiger partial charge in [0.05, 0.1) is 12.3 Å². The number of hydrogen-bond donors (Lipinski definition) is 2. The average Bonchev–Trinajstić information content (AvgIpc) is 3.31. The highest BCUT2D eigenvalue weighted by Gasteiger charge is 2.45. The number of aliphatic hydroxyl groups is 1. The zero-order valence-corrected chi connectivity index (χ0v) is 17.3. The second kappa shape index (κ2) is 6.72. The van der Waals surface area contributed by atoms with Gasteiger partial charge in [-0.2, -0.15) is 5.10 Å². The topological polar surface area (TPSA) is 116 Å². The van der Waals surface area contributed by atoms with E-state index >= 15 is 0 Å². The molecule has 8 nitrogen and oxygen atoms in total. The minimum absolute atomic E-state index is 0.167. The number of primary amides is 1. The van der Waals surface area contributed by atoms with Gasteiger partial charge in [0.1, 0.15) is 22.9 Å². The number of amides is 1. The second-order valence-electron chi connectivity index (χ2n) is 8.44. The van der Waals surface area contributed by atoms with Gasteiger partial charge in [0, 0.05) is 17.0 Å². The molecule has 2 aliphatic rings. The third-order valence-corrected chi connectivity index (χ3v) is 6.08. The van der Waals surface area contributed by atoms with Gasteiger partial charge in [-0.1, -0.05) is 23.4 Å². The van der Waals surface area contributed by atoms with Crippen LogP contribution < -0.4 is 10.5 Å². The van der Waals surface area contributed by atoms with Crippen molar-refractivity contribution < 1.29 is 19.2 Å². The van der Waals surface area contributed by atoms with E-state index in [1.807, 2.05) is 18.2 Å². The molecule has 1 atom stereocenters. The molecule has 0 bridgehead atoms. The summed E-state index contributed by atoms with van der Waals surface area (Å²) in [6, 6.07) is 8.93. The van der Waals surface area contributed by atoms with Crippen LogP contribution in [-0.2, 0) is 11.0 Å². The van der Waals surface area contributed by atoms with E-state index in [0.717, 1.165) is 25.0 Å². The number of hydrogen-bond acceptors (Lipinski definition) is 6. The van der Waals surface area contributed by atoms with Crippen molar-refractivity contribution in [1.82, 2.24) is 14.9 Å². The monoisotopic (exact) mass is 418 g/mol. The summed E-state index contributed by atoms with van der Waals surface area (Å²) in [6.45, 7) is 3.84. The summed E-state index contributed by atoms with van der Waals surface area (Å²) in [7, 11) is 0. The van der Waals surface area contributed by atoms with Crippen LogP contribution in [0.5, 0.6) is 5.75 Å². The van der Waals surface area contributed by atoms with Gasteiger partial charge in [0.2, 0.25) is 0 Å². The van der Waals surface area contributed by atoms with Crippen molar-refractivity contribution in [3.05, 3.63) is 58.7 Å². The van der Waals surface area contributed by atoms with Crippen molar-refractivity contribution >= 4 is 5.91 Å². The van der Waals surface area contributed by atoms with Gasteiger partial charge >= 0.3 is 0 Å². The number of aryl methyl sites for hydroxylation is 1. The molecule has 31 heavy (non-hydrogen) atoms. The lowest BCUT2D eigenvalue weighted by Gasteiger charge is -2.40. The number of carbonyl (C=O) groups excluding carboxylic acids is 1. The summed E-state index contributed by atoms with van der Waals surface area (Å²) in [6.07, 6.45) is 3.04. The van der Waals surface area contributed by atoms with E-state index in [9.17, 15) is 9.90 Å². The maximum absolute atomic E-state index is 11.8. The van der Waals surface area contributed by atoms with Crippen molar-refractivity contribution in [2.45, 2.75) is 44.1 Å². The minimum atomic E-state index is -1.47. The fraction of sp³-hybridized carbons (Fsp3) is 0.348. The Morgan fingerprint density at radius 1 is 1.32 bits per heavy atom. The van der Waals surface area contributed by atoms with E-state index in [0.29, 0.717) is 35.1 Å². The van der Waals surface area contributed by atoms with Gasteiger partial charge in [0.25, 0.3) is 5.91 Å². The zero-order chi connectivity index (χ0) is 21.8. The predicted octanol–water partition coefficient (Wildman–Crippen LogP) is 2.34. The van der Waals surface area contributed by atoms with Crippen LogP contribution in [0.1, 0.15) is 59.4 Å². The van der Waals surface area contributed by atoms with Crippen molar-refractivity contribution in [2.75, 3.05) is 6.61 Å². The van der Waals surface area contributed by atoms with Gasteiger partial charge in [-0.05, 0) is 51.0 Å². The molecule has 1 spiro atoms. The van der Waals surface area contributed by atoms with Gasteiger partial charge in [-0.15, -0.1) is 0 Å². The summed E-state index contributed by atoms with van der Waals surface area (Å²) in [5.74, 6) is 6.55. The molecular formula is C23H22N4O4. The van der Waals surface area contributed by atoms with Crippen LogP contribution in [0.3, 0.4) is 0 Å². The molecule has 1 amide bonds. The molecule has 3 aromatic rings. The standard InChI is InChI=1S/C23H22N4O4/c1-14-10-19(26-31-14)22(2,29)9-6-15-4-5-18-17(11-15)27-20(12-16(25-27)21(24)28)23(13-30-18)7-3-8-23/h4-5,10-12,29H,3,7-8,13H2,1-2H3,(H2,24,28)/t22-/m1/s1. The van der Waals surface area contributed by atoms with E-state index in [-0.39, 0.29) is 11.1 Å². The van der Waals surface area contributed by atoms with Gasteiger partial charge < -0.3 is 20.1 Å². The van der Waals surface area contributed by atoms with Crippen LogP contribution in [-0.4, -0.2) is 32.6 Å². The van der Waals surface area contributed by atoms with Crippen molar-refractivity contribution in [3.8, 4) is 23.3 Å². The highest BCUT2D eigenvalue weighted by Crippen LogP contribution is 2.47. The number of carbonyl (C=O) groups is 1. The Morgan fingerprint density at radius 2 is 2.13 bits per heavy atom. The normalized spacial score (nSPS) is 17.8. The fourth-order valence-electron chi connectivity index (χ4n) is 4.09. The number of nitrogens with two attached hydrogens (primary N) is 1. The zero-order valence-electron chi connectivity index (χ0n) is 17.3. The van der Waals surface area contributed by atoms with Crippen LogP contribution in [0.4, 0.5) is 0 Å². The van der Waals surface area contributed by atoms with Crippen LogP contribution in [0.25, 0.3) is 5.69 Å². The first-order chi connectivity index (χ1) is 14.8. The highest BCUT2D eigenvalue weighted by atomic mass is 16.5. The molecule has 0 unspecified atom stereocenters. The lowest BCUT2D eigenvalue weighted by molar-refractivity contribution is 0.0994. The summed E-state index contributed by atoms with van der Waals surface area (Å²) in [5, 5.41) is 19.0. The van der Waals surface area contributed by atoms with Crippen LogP contribution in [0.15, 0.2) is 34.9 Å². The first kappa shape index (κ1) is 19.4. The predicted molar refractivity (Wildman–Crippen MR) is 111 cm³/mol. The first-order valence-electron chi connectivity index (χ1n) is 10.1. The third kappa shape index (κ3) is 3.18. The van der Waals surface area contributed by atoms with Crippen LogP contribution >= 0.6 is 0 Å². The molecule has 8 heteroatoms. The lowest BCUT2D eigenvalue weighted by Crippen LogP contribution is -2.40. The smallest absolute Gasteiger partial charge is 0.269 e. The Kier molecular flexibility index (Phi) is 4.21. The summed E-state index contributed by atoms with van der Waals surface area (Å²) >= 11 is 0. The first-order valence-corrected chi connectivity index (χ1v) is 10.1. The maximum atomic E-state index is 11.8. The van der Waals surface area contributed by atoms with E-state index in [2.05, 4.69) is 22.1 Å². The van der Waals surface area contributed by atoms with Crippen molar-refractivity contribution in [3.63, 3.8) is 0 Å². The van der Waals surface area contributed by atoms with Gasteiger partial charge in [-0.25, -0.2) is 4.68 Å². The second-order valence-corrected chi connectivity index (χ2v) is 8.44. The quantitative estimate of drug-likeness (QED) is 0.617. The molecule has 0 saturated heterocycles. The largest absolute Gasteiger partial charge is 0.490 e. The van der Waals surface area contributed by atoms with Gasteiger partial charge in [-0.3, -0.25) is 4.79 Å². The number of aromatic nitrogens is 3. The fourth-order valence-corrected chi connectivity index (χ4v) is 4.09. The molecule has 1 saturated carbocycles. The molecule has 5 rings (SSSR count). The van der Waals surface area contributed by atoms with Gasteiger partial charge in [0.15, 0.2) is 11.3 Å². The number of benzene rings is 1. The van der Waals surface area contributed by atoms with E-state index in [4.69, 9.17) is 15.0 Å². The Labute approximate surface area is 179 Å². The molecule has 1 fully saturated rings. The molecule has 1 aliphatic heterocycles. The molecule has 0 radical (unpaired) electrons. The van der Waals surface area contributed by atoms with E-state index < -0.39 is 11.5 Å². The number of rotatable bonds is 2. The molecule has 1 aromatic carbocycles. The number of nitrogens with zero attached hydrogens (tertiary/aromatic N) is 3. The van der Waals surface area contributed by atoms with Crippen molar-refractivity contribution in [2.24, 2.45) is 5.73 Å². The molecule has 3 heterocycles. The number of ether oxygens (including phenoxy) is 1. The molecule has 3 N–H and O–H groups in total. The summed E-state index contributed by atoms with van der Waals surface area (Å²) in [4.78, 5) is 11.8. The highest BCUT2D eigenvalue weighted by molar-refractivity contribution is 5.91. The Balaban J connectivity index is 1.57. The maximum Gasteiger partial charge on any atom is 0.269 e. The van der Waals surface area contributed by atoms with E-state index in [1.165, 1.54) is 0 Å². The molecule has 2 aromatic heterocycles. The molecular weight excluding hydrogens is 396 g/mol. The molecule has 1 aliphatic carbocycles. The number of fused-ring (bicyclic) bond motifs is 4. The Bertz CT molecular complexity index is 1250. The summed E-state index contributed by atoms with van der Waals surface area (Å²) in [5.41, 5.74) is 6.74. The average molecular weight is 418 g/mol. The minimum Gasteiger partial charge on any atom is -0.490 e. The van der Waals surface area contributed by atoms with Crippen LogP contribution in [0, 0.1) is 18.8 Å². The van der Waals surface area contributed by atoms with Crippen LogP contribution in [0.2, 0.25) is 0 Å². The summed E-state index contributed by atoms with van der Waals surface area (Å²) < 4.78 is 12.9. The third-order valence-electron chi connectivity index (χ3n) is 6.08. The SMILES string of the molecule is Cc1cc([C@](C)(O)C#Cc2ccc3c(c2)-n2nc(C(N)=O)cc2C2(CCC2)CO3)no1. The lowest BCUT2D eigenvalue weighted by atomic mass is 9.67. The van der Waals surface area contributed by atoms with Crippen molar-refractivity contribution in [1.29, 1.82) is 0 Å².